The molecule has 0 bridgehead atoms. The SMILES string of the molecule is CCCCCCCCO[C@H]1O[C@H](COC[C@@H]2COC(C)(C)O2)[C@@H](O)[C@H](O[C@@H]2O[C@@H](C)[C@@H](OCc3ccccc3)[C@@H](OCc3ccccc3)[C@@H]2OCc2ccccc2)[C@H]1NC(C)=O. The number of aliphatic hydroxyl groups is 1. The summed E-state index contributed by atoms with van der Waals surface area (Å²) in [5.41, 5.74) is 2.92. The minimum atomic E-state index is -1.29. The molecule has 3 aromatic carbocycles. The first-order valence-electron chi connectivity index (χ1n) is 22.5. The van der Waals surface area contributed by atoms with Crippen molar-refractivity contribution in [1.29, 1.82) is 0 Å². The third kappa shape index (κ3) is 14.6. The molecule has 0 spiro atoms. The topological polar surface area (TPSA) is 142 Å². The standard InChI is InChI=1S/C49H69NO12/c1-6-7-8-9-10-20-27-54-47-41(50-35(3)51)44(42(52)40(60-47)33-53-31-39-32-58-49(4,5)62-39)61-48-46(57-30-38-25-18-13-19-26-38)45(56-29-37-23-16-12-17-24-37)43(34(2)59-48)55-28-36-21-14-11-15-22-36/h11-19,21-26,34,39-48,52H,6-10,20,27-33H2,1-5H3,(H,50,51)/t34-,39+,40+,41+,42+,43+,44+,45+,46-,47-,48-/m0/s1. The second kappa shape index (κ2) is 24.7. The lowest BCUT2D eigenvalue weighted by molar-refractivity contribution is -0.355. The van der Waals surface area contributed by atoms with Crippen LogP contribution in [0, 0.1) is 0 Å². The van der Waals surface area contributed by atoms with Crippen LogP contribution >= 0.6 is 0 Å². The molecule has 0 aliphatic carbocycles. The average Bonchev–Trinajstić information content (AvgIpc) is 3.62. The Bertz CT molecular complexity index is 1700. The van der Waals surface area contributed by atoms with Gasteiger partial charge < -0.3 is 57.8 Å². The Kier molecular flexibility index (Phi) is 19.2. The second-order valence-electron chi connectivity index (χ2n) is 17.0. The Morgan fingerprint density at radius 3 is 1.84 bits per heavy atom. The Morgan fingerprint density at radius 2 is 1.27 bits per heavy atom. The number of unbranched alkanes of at least 4 members (excludes halogenated alkanes) is 5. The van der Waals surface area contributed by atoms with E-state index in [0.717, 1.165) is 36.0 Å². The maximum absolute atomic E-state index is 12.9. The van der Waals surface area contributed by atoms with Gasteiger partial charge in [0.2, 0.25) is 5.91 Å². The molecule has 11 atom stereocenters. The first-order chi connectivity index (χ1) is 30.1. The molecule has 3 fully saturated rings. The van der Waals surface area contributed by atoms with Crippen molar-refractivity contribution in [3.63, 3.8) is 0 Å². The van der Waals surface area contributed by atoms with Gasteiger partial charge in [-0.25, -0.2) is 0 Å². The first kappa shape index (κ1) is 48.2. The van der Waals surface area contributed by atoms with Gasteiger partial charge in [-0.1, -0.05) is 130 Å². The molecule has 13 heteroatoms. The summed E-state index contributed by atoms with van der Waals surface area (Å²) in [5, 5.41) is 15.2. The quantitative estimate of drug-likeness (QED) is 0.0896. The zero-order valence-electron chi connectivity index (χ0n) is 37.1. The number of aliphatic hydroxyl groups excluding tert-OH is 1. The van der Waals surface area contributed by atoms with E-state index in [1.165, 1.54) is 26.2 Å². The van der Waals surface area contributed by atoms with Crippen LogP contribution < -0.4 is 5.32 Å². The summed E-state index contributed by atoms with van der Waals surface area (Å²) in [6.07, 6.45) is -1.85. The number of nitrogens with one attached hydrogen (secondary N) is 1. The smallest absolute Gasteiger partial charge is 0.217 e. The fourth-order valence-electron chi connectivity index (χ4n) is 8.12. The van der Waals surface area contributed by atoms with Crippen LogP contribution in [0.25, 0.3) is 0 Å². The summed E-state index contributed by atoms with van der Waals surface area (Å²) >= 11 is 0. The molecule has 1 amide bonds. The van der Waals surface area contributed by atoms with Gasteiger partial charge in [0, 0.05) is 13.5 Å². The first-order valence-corrected chi connectivity index (χ1v) is 22.5. The fraction of sp³-hybridized carbons (Fsp3) is 0.612. The molecule has 342 valence electrons. The van der Waals surface area contributed by atoms with Gasteiger partial charge in [-0.2, -0.15) is 0 Å². The fourth-order valence-corrected chi connectivity index (χ4v) is 8.12. The molecule has 3 aliphatic rings. The maximum atomic E-state index is 12.9. The Hall–Kier alpha value is -3.31. The number of rotatable bonds is 24. The molecule has 3 saturated heterocycles. The van der Waals surface area contributed by atoms with E-state index in [2.05, 4.69) is 12.2 Å². The Morgan fingerprint density at radius 1 is 0.710 bits per heavy atom. The summed E-state index contributed by atoms with van der Waals surface area (Å²) in [6, 6.07) is 28.8. The number of ether oxygens (including phenoxy) is 10. The number of carbonyl (C=O) groups excluding carboxylic acids is 1. The molecule has 0 aromatic heterocycles. The highest BCUT2D eigenvalue weighted by atomic mass is 16.8. The van der Waals surface area contributed by atoms with E-state index >= 15 is 0 Å². The van der Waals surface area contributed by atoms with Crippen LogP contribution in [0.4, 0.5) is 0 Å². The molecule has 0 unspecified atom stereocenters. The van der Waals surface area contributed by atoms with Crippen LogP contribution in [0.3, 0.4) is 0 Å². The van der Waals surface area contributed by atoms with Crippen LogP contribution in [0.15, 0.2) is 91.0 Å². The molecule has 0 radical (unpaired) electrons. The summed E-state index contributed by atoms with van der Waals surface area (Å²) in [6.45, 7) is 11.1. The van der Waals surface area contributed by atoms with Gasteiger partial charge in [0.25, 0.3) is 0 Å². The lowest BCUT2D eigenvalue weighted by atomic mass is 9.95. The summed E-state index contributed by atoms with van der Waals surface area (Å²) < 4.78 is 64.6. The van der Waals surface area contributed by atoms with E-state index in [1.54, 1.807) is 0 Å². The van der Waals surface area contributed by atoms with Crippen molar-refractivity contribution in [2.45, 2.75) is 166 Å². The van der Waals surface area contributed by atoms with Crippen molar-refractivity contribution in [2.75, 3.05) is 26.4 Å². The molecule has 3 heterocycles. The van der Waals surface area contributed by atoms with E-state index in [9.17, 15) is 9.90 Å². The number of hydrogen-bond donors (Lipinski definition) is 2. The molecule has 62 heavy (non-hydrogen) atoms. The molecule has 0 saturated carbocycles. The normalized spacial score (nSPS) is 29.7. The lowest BCUT2D eigenvalue weighted by Gasteiger charge is -2.49. The van der Waals surface area contributed by atoms with Crippen molar-refractivity contribution in [1.82, 2.24) is 5.32 Å². The molecule has 3 aromatic rings. The van der Waals surface area contributed by atoms with Gasteiger partial charge >= 0.3 is 0 Å². The predicted octanol–water partition coefficient (Wildman–Crippen LogP) is 7.01. The Balaban J connectivity index is 1.28. The molecule has 3 aliphatic heterocycles. The number of hydrogen-bond acceptors (Lipinski definition) is 12. The predicted molar refractivity (Wildman–Crippen MR) is 232 cm³/mol. The van der Waals surface area contributed by atoms with E-state index in [-0.39, 0.29) is 38.4 Å². The third-order valence-electron chi connectivity index (χ3n) is 11.4. The third-order valence-corrected chi connectivity index (χ3v) is 11.4. The van der Waals surface area contributed by atoms with E-state index in [0.29, 0.717) is 19.8 Å². The number of amides is 1. The molecular formula is C49H69NO12. The number of benzene rings is 3. The maximum Gasteiger partial charge on any atom is 0.217 e. The van der Waals surface area contributed by atoms with Crippen molar-refractivity contribution >= 4 is 5.91 Å². The second-order valence-corrected chi connectivity index (χ2v) is 17.0. The number of carbonyl (C=O) groups is 1. The highest BCUT2D eigenvalue weighted by Crippen LogP contribution is 2.35. The van der Waals surface area contributed by atoms with E-state index < -0.39 is 67.1 Å². The van der Waals surface area contributed by atoms with Crippen LogP contribution in [-0.4, -0.2) is 111 Å². The molecule has 2 N–H and O–H groups in total. The average molecular weight is 864 g/mol. The summed E-state index contributed by atoms with van der Waals surface area (Å²) in [7, 11) is 0. The summed E-state index contributed by atoms with van der Waals surface area (Å²) in [4.78, 5) is 12.9. The summed E-state index contributed by atoms with van der Waals surface area (Å²) in [5.74, 6) is -1.05. The lowest BCUT2D eigenvalue weighted by Crippen LogP contribution is -2.68. The van der Waals surface area contributed by atoms with Crippen LogP contribution in [0.5, 0.6) is 0 Å². The molecule has 13 nitrogen and oxygen atoms in total. The van der Waals surface area contributed by atoms with Crippen molar-refractivity contribution in [2.24, 2.45) is 0 Å². The van der Waals surface area contributed by atoms with E-state index in [1.807, 2.05) is 112 Å². The van der Waals surface area contributed by atoms with Gasteiger partial charge in [0.05, 0.1) is 45.7 Å². The van der Waals surface area contributed by atoms with E-state index in [4.69, 9.17) is 47.4 Å². The van der Waals surface area contributed by atoms with Gasteiger partial charge in [-0.05, 0) is 43.9 Å². The minimum Gasteiger partial charge on any atom is -0.388 e. The molecule has 6 rings (SSSR count). The zero-order chi connectivity index (χ0) is 43.7. The van der Waals surface area contributed by atoms with Crippen molar-refractivity contribution < 1.29 is 57.3 Å². The van der Waals surface area contributed by atoms with Crippen LogP contribution in [-0.2, 0) is 72.0 Å². The van der Waals surface area contributed by atoms with Gasteiger partial charge in [0.15, 0.2) is 18.4 Å². The van der Waals surface area contributed by atoms with Crippen molar-refractivity contribution in [3.05, 3.63) is 108 Å². The van der Waals surface area contributed by atoms with Crippen LogP contribution in [0.1, 0.15) is 89.8 Å². The molecular weight excluding hydrogens is 795 g/mol. The Labute approximate surface area is 367 Å². The van der Waals surface area contributed by atoms with Crippen LogP contribution in [0.2, 0.25) is 0 Å². The van der Waals surface area contributed by atoms with Crippen molar-refractivity contribution in [3.8, 4) is 0 Å². The minimum absolute atomic E-state index is 0.000934. The monoisotopic (exact) mass is 863 g/mol. The highest BCUT2D eigenvalue weighted by Gasteiger charge is 2.53. The van der Waals surface area contributed by atoms with Gasteiger partial charge in [0.1, 0.15) is 48.8 Å². The highest BCUT2D eigenvalue weighted by molar-refractivity contribution is 5.73. The van der Waals surface area contributed by atoms with Gasteiger partial charge in [-0.15, -0.1) is 0 Å². The van der Waals surface area contributed by atoms with Gasteiger partial charge in [-0.3, -0.25) is 4.79 Å². The largest absolute Gasteiger partial charge is 0.388 e. The zero-order valence-corrected chi connectivity index (χ0v) is 37.1.